The maximum Gasteiger partial charge on any atom is 0.166 e. The summed E-state index contributed by atoms with van der Waals surface area (Å²) in [4.78, 5) is 0. The molecule has 0 unspecified atom stereocenters. The zero-order valence-electron chi connectivity index (χ0n) is 10.0. The third kappa shape index (κ3) is 2.85. The number of rotatable bonds is 3. The fourth-order valence-corrected chi connectivity index (χ4v) is 2.08. The number of thiocarbonyl (C=S) groups is 1. The van der Waals surface area contributed by atoms with E-state index in [0.29, 0.717) is 24.3 Å². The van der Waals surface area contributed by atoms with Crippen LogP contribution in [0.3, 0.4) is 0 Å². The van der Waals surface area contributed by atoms with Crippen LogP contribution in [0.4, 0.5) is 0 Å². The lowest BCUT2D eigenvalue weighted by molar-refractivity contribution is 0.0937. The maximum atomic E-state index is 5.83. The Morgan fingerprint density at radius 3 is 2.83 bits per heavy atom. The van der Waals surface area contributed by atoms with Gasteiger partial charge < -0.3 is 20.1 Å². The molecule has 1 fully saturated rings. The topological polar surface area (TPSA) is 42.5 Å². The van der Waals surface area contributed by atoms with Gasteiger partial charge in [0.2, 0.25) is 0 Å². The Balaban J connectivity index is 1.48. The Hall–Kier alpha value is -1.49. The summed E-state index contributed by atoms with van der Waals surface area (Å²) in [5.74, 6) is 1.61. The summed E-state index contributed by atoms with van der Waals surface area (Å²) in [6.07, 6.45) is 2.44. The van der Waals surface area contributed by atoms with Crippen molar-refractivity contribution in [2.75, 3.05) is 13.2 Å². The van der Waals surface area contributed by atoms with Gasteiger partial charge in [0.1, 0.15) is 12.7 Å². The first kappa shape index (κ1) is 11.6. The van der Waals surface area contributed by atoms with E-state index in [9.17, 15) is 0 Å². The first-order chi connectivity index (χ1) is 8.81. The molecule has 4 nitrogen and oxygen atoms in total. The van der Waals surface area contributed by atoms with E-state index >= 15 is 0 Å². The molecule has 0 radical (unpaired) electrons. The number of ether oxygens (including phenoxy) is 2. The second-order valence-corrected chi connectivity index (χ2v) is 5.03. The largest absolute Gasteiger partial charge is 0.486 e. The lowest BCUT2D eigenvalue weighted by atomic mass is 10.2. The SMILES string of the molecule is S=C(NC[C@H]1COc2ccccc2O1)NC1CC1. The molecule has 0 spiro atoms. The average molecular weight is 264 g/mol. The van der Waals surface area contributed by atoms with Crippen molar-refractivity contribution in [1.29, 1.82) is 0 Å². The van der Waals surface area contributed by atoms with Crippen molar-refractivity contribution in [3.05, 3.63) is 24.3 Å². The molecular weight excluding hydrogens is 248 g/mol. The van der Waals surface area contributed by atoms with E-state index in [0.717, 1.165) is 11.5 Å². The van der Waals surface area contributed by atoms with Crippen molar-refractivity contribution in [3.8, 4) is 11.5 Å². The van der Waals surface area contributed by atoms with Gasteiger partial charge >= 0.3 is 0 Å². The fraction of sp³-hybridized carbons (Fsp3) is 0.462. The average Bonchev–Trinajstić information content (AvgIpc) is 3.20. The van der Waals surface area contributed by atoms with E-state index in [4.69, 9.17) is 21.7 Å². The predicted octanol–water partition coefficient (Wildman–Crippen LogP) is 1.45. The normalized spacial score (nSPS) is 21.2. The van der Waals surface area contributed by atoms with Crippen LogP contribution in [-0.4, -0.2) is 30.4 Å². The number of hydrogen-bond acceptors (Lipinski definition) is 3. The molecule has 1 aliphatic carbocycles. The molecule has 5 heteroatoms. The highest BCUT2D eigenvalue weighted by Gasteiger charge is 2.23. The minimum atomic E-state index is -0.00106. The monoisotopic (exact) mass is 264 g/mol. The molecule has 2 N–H and O–H groups in total. The molecule has 3 rings (SSSR count). The van der Waals surface area contributed by atoms with Crippen molar-refractivity contribution in [3.63, 3.8) is 0 Å². The van der Waals surface area contributed by atoms with Gasteiger partial charge in [-0.05, 0) is 37.2 Å². The lowest BCUT2D eigenvalue weighted by Gasteiger charge is -2.26. The number of benzene rings is 1. The standard InChI is InChI=1S/C13H16N2O2S/c18-13(15-9-5-6-9)14-7-10-8-16-11-3-1-2-4-12(11)17-10/h1-4,9-10H,5-8H2,(H2,14,15,18)/t10-/m0/s1. The molecule has 1 aromatic carbocycles. The Bertz CT molecular complexity index is 448. The Kier molecular flexibility index (Phi) is 3.23. The van der Waals surface area contributed by atoms with Crippen molar-refractivity contribution in [1.82, 2.24) is 10.6 Å². The Morgan fingerprint density at radius 1 is 1.28 bits per heavy atom. The van der Waals surface area contributed by atoms with Gasteiger partial charge in [-0.1, -0.05) is 12.1 Å². The summed E-state index contributed by atoms with van der Waals surface area (Å²) >= 11 is 5.20. The summed E-state index contributed by atoms with van der Waals surface area (Å²) in [6, 6.07) is 8.29. The third-order valence-corrected chi connectivity index (χ3v) is 3.23. The predicted molar refractivity (Wildman–Crippen MR) is 73.1 cm³/mol. The summed E-state index contributed by atoms with van der Waals surface area (Å²) in [5, 5.41) is 7.11. The van der Waals surface area contributed by atoms with Gasteiger partial charge in [0.25, 0.3) is 0 Å². The quantitative estimate of drug-likeness (QED) is 0.809. The van der Waals surface area contributed by atoms with Crippen molar-refractivity contribution in [2.45, 2.75) is 25.0 Å². The van der Waals surface area contributed by atoms with Gasteiger partial charge in [0.15, 0.2) is 16.6 Å². The maximum absolute atomic E-state index is 5.83. The Morgan fingerprint density at radius 2 is 2.06 bits per heavy atom. The number of nitrogens with one attached hydrogen (secondary N) is 2. The minimum Gasteiger partial charge on any atom is -0.486 e. The number of hydrogen-bond donors (Lipinski definition) is 2. The van der Waals surface area contributed by atoms with Gasteiger partial charge in [-0.2, -0.15) is 0 Å². The molecular formula is C13H16N2O2S. The zero-order valence-corrected chi connectivity index (χ0v) is 10.8. The lowest BCUT2D eigenvalue weighted by Crippen LogP contribution is -2.44. The molecule has 0 saturated heterocycles. The molecule has 1 heterocycles. The zero-order chi connectivity index (χ0) is 12.4. The molecule has 18 heavy (non-hydrogen) atoms. The molecule has 0 amide bonds. The molecule has 1 aliphatic heterocycles. The van der Waals surface area contributed by atoms with E-state index in [2.05, 4.69) is 10.6 Å². The fourth-order valence-electron chi connectivity index (χ4n) is 1.83. The van der Waals surface area contributed by atoms with Crippen LogP contribution >= 0.6 is 12.2 Å². The second-order valence-electron chi connectivity index (χ2n) is 4.63. The highest BCUT2D eigenvalue weighted by Crippen LogP contribution is 2.30. The van der Waals surface area contributed by atoms with Crippen LogP contribution in [0.1, 0.15) is 12.8 Å². The van der Waals surface area contributed by atoms with Crippen LogP contribution in [0.15, 0.2) is 24.3 Å². The van der Waals surface area contributed by atoms with E-state index < -0.39 is 0 Å². The minimum absolute atomic E-state index is 0.00106. The van der Waals surface area contributed by atoms with Crippen LogP contribution in [0.5, 0.6) is 11.5 Å². The van der Waals surface area contributed by atoms with Gasteiger partial charge in [-0.15, -0.1) is 0 Å². The van der Waals surface area contributed by atoms with E-state index in [1.807, 2.05) is 24.3 Å². The molecule has 0 aromatic heterocycles. The number of para-hydroxylation sites is 2. The van der Waals surface area contributed by atoms with E-state index in [1.165, 1.54) is 12.8 Å². The first-order valence-electron chi connectivity index (χ1n) is 6.24. The first-order valence-corrected chi connectivity index (χ1v) is 6.65. The van der Waals surface area contributed by atoms with E-state index in [-0.39, 0.29) is 6.10 Å². The van der Waals surface area contributed by atoms with Crippen LogP contribution in [0.2, 0.25) is 0 Å². The van der Waals surface area contributed by atoms with Crippen LogP contribution in [-0.2, 0) is 0 Å². The molecule has 96 valence electrons. The van der Waals surface area contributed by atoms with Crippen molar-refractivity contribution >= 4 is 17.3 Å². The van der Waals surface area contributed by atoms with Gasteiger partial charge in [-0.3, -0.25) is 0 Å². The van der Waals surface area contributed by atoms with Gasteiger partial charge in [0, 0.05) is 6.04 Å². The second kappa shape index (κ2) is 5.02. The summed E-state index contributed by atoms with van der Waals surface area (Å²) in [5.41, 5.74) is 0. The van der Waals surface area contributed by atoms with Crippen LogP contribution in [0, 0.1) is 0 Å². The molecule has 2 aliphatic rings. The Labute approximate surface area is 112 Å². The summed E-state index contributed by atoms with van der Waals surface area (Å²) in [7, 11) is 0. The van der Waals surface area contributed by atoms with Crippen LogP contribution in [0.25, 0.3) is 0 Å². The molecule has 1 aromatic rings. The van der Waals surface area contributed by atoms with Crippen molar-refractivity contribution in [2.24, 2.45) is 0 Å². The van der Waals surface area contributed by atoms with Crippen LogP contribution < -0.4 is 20.1 Å². The summed E-state index contributed by atoms with van der Waals surface area (Å²) in [6.45, 7) is 1.21. The highest BCUT2D eigenvalue weighted by molar-refractivity contribution is 7.80. The molecule has 1 atom stereocenters. The third-order valence-electron chi connectivity index (χ3n) is 2.97. The van der Waals surface area contributed by atoms with E-state index in [1.54, 1.807) is 0 Å². The summed E-state index contributed by atoms with van der Waals surface area (Å²) < 4.78 is 11.5. The molecule has 0 bridgehead atoms. The molecule has 1 saturated carbocycles. The highest BCUT2D eigenvalue weighted by atomic mass is 32.1. The van der Waals surface area contributed by atoms with Gasteiger partial charge in [-0.25, -0.2) is 0 Å². The number of fused-ring (bicyclic) bond motifs is 1. The van der Waals surface area contributed by atoms with Gasteiger partial charge in [0.05, 0.1) is 6.54 Å². The smallest absolute Gasteiger partial charge is 0.166 e. The van der Waals surface area contributed by atoms with Crippen molar-refractivity contribution < 1.29 is 9.47 Å².